The molecule has 0 unspecified atom stereocenters. The van der Waals surface area contributed by atoms with Crippen LogP contribution in [0, 0.1) is 11.6 Å². The van der Waals surface area contributed by atoms with E-state index < -0.39 is 29.6 Å². The maximum Gasteiger partial charge on any atom is 0.308 e. The minimum atomic E-state index is -0.692. The van der Waals surface area contributed by atoms with Gasteiger partial charge in [0, 0.05) is 30.8 Å². The van der Waals surface area contributed by atoms with Gasteiger partial charge in [0.1, 0.15) is 11.6 Å². The van der Waals surface area contributed by atoms with Crippen molar-refractivity contribution in [1.29, 1.82) is 0 Å². The first-order valence-corrected chi connectivity index (χ1v) is 10.7. The molecule has 0 spiro atoms. The first-order valence-electron chi connectivity index (χ1n) is 10.7. The summed E-state index contributed by atoms with van der Waals surface area (Å²) in [6.45, 7) is 2.83. The topological polar surface area (TPSA) is 116 Å². The van der Waals surface area contributed by atoms with Crippen molar-refractivity contribution in [3.63, 3.8) is 0 Å². The minimum Gasteiger partial charge on any atom is -0.493 e. The molecule has 11 heteroatoms. The fourth-order valence-corrected chi connectivity index (χ4v) is 3.38. The highest BCUT2D eigenvalue weighted by Gasteiger charge is 2.24. The van der Waals surface area contributed by atoms with Crippen LogP contribution in [0.3, 0.4) is 0 Å². The molecule has 184 valence electrons. The van der Waals surface area contributed by atoms with Crippen molar-refractivity contribution in [2.45, 2.75) is 19.9 Å². The van der Waals surface area contributed by atoms with Gasteiger partial charge in [-0.05, 0) is 42.3 Å². The standard InChI is InChI=1S/C25H20F2N4O5/c1-13(29-24(33)21-22(35-14(2)32)20(34-3)8-9-28-21)23-30-25(36-31-23)16-6-4-15(5-7-16)17-10-18(26)12-19(27)11-17/h4-13H,1-3H3,(H,29,33)/t13-/m0/s1. The van der Waals surface area contributed by atoms with E-state index in [1.807, 2.05) is 0 Å². The van der Waals surface area contributed by atoms with Crippen LogP contribution in [-0.4, -0.2) is 34.1 Å². The van der Waals surface area contributed by atoms with Gasteiger partial charge in [0.15, 0.2) is 17.3 Å². The van der Waals surface area contributed by atoms with Crippen molar-refractivity contribution >= 4 is 11.9 Å². The number of benzene rings is 2. The van der Waals surface area contributed by atoms with Crippen molar-refractivity contribution in [3.05, 3.63) is 77.9 Å². The molecule has 0 bridgehead atoms. The van der Waals surface area contributed by atoms with Crippen LogP contribution in [0.4, 0.5) is 8.78 Å². The van der Waals surface area contributed by atoms with E-state index in [2.05, 4.69) is 20.4 Å². The lowest BCUT2D eigenvalue weighted by Crippen LogP contribution is -2.29. The summed E-state index contributed by atoms with van der Waals surface area (Å²) in [5, 5.41) is 6.60. The predicted molar refractivity (Wildman–Crippen MR) is 123 cm³/mol. The molecule has 1 amide bonds. The first kappa shape index (κ1) is 24.5. The van der Waals surface area contributed by atoms with Crippen LogP contribution in [0.15, 0.2) is 59.3 Å². The van der Waals surface area contributed by atoms with E-state index in [0.29, 0.717) is 16.7 Å². The van der Waals surface area contributed by atoms with Gasteiger partial charge in [0.05, 0.1) is 13.2 Å². The number of ether oxygens (including phenoxy) is 2. The first-order chi connectivity index (χ1) is 17.2. The molecule has 0 fully saturated rings. The number of halogens is 2. The second-order valence-electron chi connectivity index (χ2n) is 7.67. The molecule has 2 aromatic heterocycles. The Labute approximate surface area is 204 Å². The summed E-state index contributed by atoms with van der Waals surface area (Å²) < 4.78 is 42.6. The third kappa shape index (κ3) is 5.35. The molecule has 1 atom stereocenters. The van der Waals surface area contributed by atoms with Gasteiger partial charge < -0.3 is 19.3 Å². The molecule has 0 aliphatic carbocycles. The highest BCUT2D eigenvalue weighted by atomic mass is 19.1. The Morgan fingerprint density at radius 2 is 1.67 bits per heavy atom. The Hall–Kier alpha value is -4.67. The van der Waals surface area contributed by atoms with E-state index in [9.17, 15) is 18.4 Å². The van der Waals surface area contributed by atoms with Crippen LogP contribution in [0.25, 0.3) is 22.6 Å². The summed E-state index contributed by atoms with van der Waals surface area (Å²) in [7, 11) is 1.37. The normalized spacial score (nSPS) is 11.6. The van der Waals surface area contributed by atoms with Crippen LogP contribution in [0.5, 0.6) is 11.5 Å². The molecule has 0 radical (unpaired) electrons. The van der Waals surface area contributed by atoms with Crippen LogP contribution >= 0.6 is 0 Å². The minimum absolute atomic E-state index is 0.107. The van der Waals surface area contributed by atoms with Gasteiger partial charge in [-0.2, -0.15) is 4.98 Å². The van der Waals surface area contributed by atoms with E-state index in [-0.39, 0.29) is 28.9 Å². The predicted octanol–water partition coefficient (Wildman–Crippen LogP) is 4.50. The number of nitrogens with zero attached hydrogens (tertiary/aromatic N) is 3. The highest BCUT2D eigenvalue weighted by Crippen LogP contribution is 2.30. The lowest BCUT2D eigenvalue weighted by Gasteiger charge is -2.14. The average molecular weight is 494 g/mol. The molecule has 4 rings (SSSR count). The molecule has 4 aromatic rings. The lowest BCUT2D eigenvalue weighted by molar-refractivity contribution is -0.132. The average Bonchev–Trinajstić information content (AvgIpc) is 3.34. The van der Waals surface area contributed by atoms with Crippen LogP contribution in [0.2, 0.25) is 0 Å². The van der Waals surface area contributed by atoms with Crippen LogP contribution in [0.1, 0.15) is 36.2 Å². The number of carbonyl (C=O) groups is 2. The zero-order valence-electron chi connectivity index (χ0n) is 19.4. The molecule has 0 saturated carbocycles. The number of esters is 1. The second-order valence-corrected chi connectivity index (χ2v) is 7.67. The molecule has 0 aliphatic rings. The molecule has 9 nitrogen and oxygen atoms in total. The summed E-state index contributed by atoms with van der Waals surface area (Å²) in [5.41, 5.74) is 1.41. The maximum atomic E-state index is 13.5. The third-order valence-electron chi connectivity index (χ3n) is 5.05. The lowest BCUT2D eigenvalue weighted by atomic mass is 10.0. The van der Waals surface area contributed by atoms with Gasteiger partial charge in [-0.3, -0.25) is 9.59 Å². The Morgan fingerprint density at radius 3 is 2.31 bits per heavy atom. The van der Waals surface area contributed by atoms with E-state index in [0.717, 1.165) is 6.07 Å². The quantitative estimate of drug-likeness (QED) is 0.373. The van der Waals surface area contributed by atoms with Crippen molar-refractivity contribution in [1.82, 2.24) is 20.4 Å². The fourth-order valence-electron chi connectivity index (χ4n) is 3.38. The van der Waals surface area contributed by atoms with Gasteiger partial charge in [-0.25, -0.2) is 13.8 Å². The Bertz CT molecular complexity index is 1400. The summed E-state index contributed by atoms with van der Waals surface area (Å²) in [6, 6.07) is 10.7. The van der Waals surface area contributed by atoms with E-state index in [1.165, 1.54) is 38.4 Å². The van der Waals surface area contributed by atoms with Gasteiger partial charge in [0.25, 0.3) is 11.8 Å². The molecular formula is C25H20F2N4O5. The number of aromatic nitrogens is 3. The molecule has 0 saturated heterocycles. The molecular weight excluding hydrogens is 474 g/mol. The van der Waals surface area contributed by atoms with Gasteiger partial charge in [-0.1, -0.05) is 17.3 Å². The summed E-state index contributed by atoms with van der Waals surface area (Å²) in [5.74, 6) is -2.19. The Balaban J connectivity index is 1.50. The molecule has 1 N–H and O–H groups in total. The Morgan fingerprint density at radius 1 is 1.00 bits per heavy atom. The van der Waals surface area contributed by atoms with E-state index in [1.54, 1.807) is 31.2 Å². The number of hydrogen-bond acceptors (Lipinski definition) is 8. The molecule has 0 aliphatic heterocycles. The van der Waals surface area contributed by atoms with Crippen molar-refractivity contribution in [3.8, 4) is 34.1 Å². The largest absolute Gasteiger partial charge is 0.493 e. The number of nitrogens with one attached hydrogen (secondary N) is 1. The Kier molecular flexibility index (Phi) is 7.00. The number of pyridine rings is 1. The third-order valence-corrected chi connectivity index (χ3v) is 5.05. The summed E-state index contributed by atoms with van der Waals surface area (Å²) >= 11 is 0. The second kappa shape index (κ2) is 10.3. The summed E-state index contributed by atoms with van der Waals surface area (Å²) in [4.78, 5) is 32.6. The number of rotatable bonds is 7. The monoisotopic (exact) mass is 494 g/mol. The number of carbonyl (C=O) groups excluding carboxylic acids is 2. The molecule has 2 aromatic carbocycles. The van der Waals surface area contributed by atoms with Crippen molar-refractivity contribution in [2.24, 2.45) is 0 Å². The van der Waals surface area contributed by atoms with Crippen LogP contribution < -0.4 is 14.8 Å². The molecule has 36 heavy (non-hydrogen) atoms. The fraction of sp³-hybridized carbons (Fsp3) is 0.160. The van der Waals surface area contributed by atoms with E-state index >= 15 is 0 Å². The van der Waals surface area contributed by atoms with E-state index in [4.69, 9.17) is 14.0 Å². The van der Waals surface area contributed by atoms with Crippen molar-refractivity contribution in [2.75, 3.05) is 7.11 Å². The number of amides is 1. The highest BCUT2D eigenvalue weighted by molar-refractivity contribution is 5.96. The van der Waals surface area contributed by atoms with Gasteiger partial charge >= 0.3 is 5.97 Å². The zero-order chi connectivity index (χ0) is 25.8. The summed E-state index contributed by atoms with van der Waals surface area (Å²) in [6.07, 6.45) is 1.35. The smallest absolute Gasteiger partial charge is 0.308 e. The molecule has 2 heterocycles. The maximum absolute atomic E-state index is 13.5. The SMILES string of the molecule is COc1ccnc(C(=O)N[C@@H](C)c2noc(-c3ccc(-c4cc(F)cc(F)c4)cc3)n2)c1OC(C)=O. The van der Waals surface area contributed by atoms with Gasteiger partial charge in [0.2, 0.25) is 5.75 Å². The van der Waals surface area contributed by atoms with Gasteiger partial charge in [-0.15, -0.1) is 0 Å². The van der Waals surface area contributed by atoms with Crippen molar-refractivity contribution < 1.29 is 32.4 Å². The van der Waals surface area contributed by atoms with Crippen LogP contribution in [-0.2, 0) is 4.79 Å². The number of hydrogen-bond donors (Lipinski definition) is 1. The number of methoxy groups -OCH3 is 1. The zero-order valence-corrected chi connectivity index (χ0v) is 19.4.